The highest BCUT2D eigenvalue weighted by Crippen LogP contribution is 2.22. The molecular formula is C15H13ClO. The maximum atomic E-state index is 5.64. The summed E-state index contributed by atoms with van der Waals surface area (Å²) in [4.78, 5) is 0. The van der Waals surface area contributed by atoms with Gasteiger partial charge in [-0.1, -0.05) is 60.6 Å². The zero-order chi connectivity index (χ0) is 12.1. The molecule has 2 aromatic carbocycles. The lowest BCUT2D eigenvalue weighted by Gasteiger charge is -2.06. The van der Waals surface area contributed by atoms with Crippen LogP contribution in [0.3, 0.4) is 0 Å². The molecule has 0 saturated carbocycles. The summed E-state index contributed by atoms with van der Waals surface area (Å²) in [6.07, 6.45) is 0. The lowest BCUT2D eigenvalue weighted by atomic mass is 10.1. The Labute approximate surface area is 106 Å². The lowest BCUT2D eigenvalue weighted by molar-refractivity contribution is 0.359. The van der Waals surface area contributed by atoms with Crippen LogP contribution in [0.5, 0.6) is 5.75 Å². The first-order chi connectivity index (χ1) is 8.25. The second-order valence-electron chi connectivity index (χ2n) is 3.70. The van der Waals surface area contributed by atoms with Gasteiger partial charge in [-0.05, 0) is 23.3 Å². The highest BCUT2D eigenvalue weighted by molar-refractivity contribution is 6.29. The molecule has 86 valence electrons. The number of halogens is 1. The van der Waals surface area contributed by atoms with Crippen molar-refractivity contribution < 1.29 is 4.74 Å². The number of ether oxygens (including phenoxy) is 1. The summed E-state index contributed by atoms with van der Waals surface area (Å²) in [6.45, 7) is 3.92. The van der Waals surface area contributed by atoms with Crippen molar-refractivity contribution >= 4 is 11.6 Å². The van der Waals surface area contributed by atoms with Crippen LogP contribution >= 0.6 is 11.6 Å². The second kappa shape index (κ2) is 5.55. The second-order valence-corrected chi connectivity index (χ2v) is 4.23. The van der Waals surface area contributed by atoms with Gasteiger partial charge >= 0.3 is 0 Å². The van der Waals surface area contributed by atoms with Crippen molar-refractivity contribution in [3.05, 3.63) is 66.2 Å². The average Bonchev–Trinajstić information content (AvgIpc) is 2.38. The molecule has 0 bridgehead atoms. The van der Waals surface area contributed by atoms with E-state index < -0.39 is 0 Å². The molecule has 0 fully saturated rings. The monoisotopic (exact) mass is 244 g/mol. The van der Waals surface area contributed by atoms with Gasteiger partial charge in [-0.25, -0.2) is 0 Å². The Morgan fingerprint density at radius 3 is 2.12 bits per heavy atom. The van der Waals surface area contributed by atoms with E-state index in [-0.39, 0.29) is 0 Å². The first-order valence-electron chi connectivity index (χ1n) is 5.37. The Kier molecular flexibility index (Phi) is 3.84. The molecule has 17 heavy (non-hydrogen) atoms. The van der Waals surface area contributed by atoms with E-state index >= 15 is 0 Å². The van der Waals surface area contributed by atoms with E-state index in [1.807, 2.05) is 42.5 Å². The van der Waals surface area contributed by atoms with Gasteiger partial charge in [0.2, 0.25) is 0 Å². The van der Waals surface area contributed by atoms with Gasteiger partial charge in [0.1, 0.15) is 12.4 Å². The molecule has 2 heteroatoms. The molecule has 0 unspecified atom stereocenters. The predicted octanol–water partition coefficient (Wildman–Crippen LogP) is 4.48. The zero-order valence-corrected chi connectivity index (χ0v) is 10.2. The molecule has 2 aromatic rings. The van der Waals surface area contributed by atoms with Crippen LogP contribution in [0.4, 0.5) is 0 Å². The molecule has 0 aromatic heterocycles. The minimum Gasteiger partial charge on any atom is -0.488 e. The molecule has 0 N–H and O–H groups in total. The standard InChI is InChI=1S/C15H13ClO/c1-12(16)11-17-15-9-7-14(8-10-15)13-5-3-2-4-6-13/h2-10H,1,11H2. The molecule has 2 rings (SSSR count). The van der Waals surface area contributed by atoms with E-state index in [1.54, 1.807) is 0 Å². The molecule has 0 spiro atoms. The lowest BCUT2D eigenvalue weighted by Crippen LogP contribution is -1.95. The number of rotatable bonds is 4. The number of hydrogen-bond acceptors (Lipinski definition) is 1. The third-order valence-electron chi connectivity index (χ3n) is 2.36. The van der Waals surface area contributed by atoms with Crippen molar-refractivity contribution in [2.24, 2.45) is 0 Å². The van der Waals surface area contributed by atoms with Gasteiger partial charge in [0.15, 0.2) is 0 Å². The van der Waals surface area contributed by atoms with Crippen molar-refractivity contribution in [1.29, 1.82) is 0 Å². The van der Waals surface area contributed by atoms with E-state index in [4.69, 9.17) is 16.3 Å². The first-order valence-corrected chi connectivity index (χ1v) is 5.75. The summed E-state index contributed by atoms with van der Waals surface area (Å²) in [5.74, 6) is 0.798. The fraction of sp³-hybridized carbons (Fsp3) is 0.0667. The summed E-state index contributed by atoms with van der Waals surface area (Å²) in [7, 11) is 0. The van der Waals surface area contributed by atoms with Crippen molar-refractivity contribution in [1.82, 2.24) is 0 Å². The van der Waals surface area contributed by atoms with Crippen molar-refractivity contribution in [2.75, 3.05) is 6.61 Å². The molecule has 1 nitrogen and oxygen atoms in total. The third kappa shape index (κ3) is 3.36. The van der Waals surface area contributed by atoms with Crippen LogP contribution < -0.4 is 4.74 Å². The SMILES string of the molecule is C=C(Cl)COc1ccc(-c2ccccc2)cc1. The molecule has 0 saturated heterocycles. The summed E-state index contributed by atoms with van der Waals surface area (Å²) >= 11 is 5.64. The minimum absolute atomic E-state index is 0.340. The van der Waals surface area contributed by atoms with Crippen LogP contribution in [-0.4, -0.2) is 6.61 Å². The van der Waals surface area contributed by atoms with E-state index in [0.29, 0.717) is 11.6 Å². The normalized spacial score (nSPS) is 9.94. The first kappa shape index (κ1) is 11.7. The van der Waals surface area contributed by atoms with Crippen LogP contribution in [-0.2, 0) is 0 Å². The highest BCUT2D eigenvalue weighted by Gasteiger charge is 1.98. The fourth-order valence-electron chi connectivity index (χ4n) is 1.54. The maximum Gasteiger partial charge on any atom is 0.123 e. The van der Waals surface area contributed by atoms with E-state index in [1.165, 1.54) is 11.1 Å². The highest BCUT2D eigenvalue weighted by atomic mass is 35.5. The van der Waals surface area contributed by atoms with Crippen LogP contribution in [0.1, 0.15) is 0 Å². The molecule has 0 aliphatic carbocycles. The molecule has 0 heterocycles. The molecule has 0 atom stereocenters. The average molecular weight is 245 g/mol. The zero-order valence-electron chi connectivity index (χ0n) is 9.40. The molecule has 0 aliphatic heterocycles. The van der Waals surface area contributed by atoms with Crippen molar-refractivity contribution in [2.45, 2.75) is 0 Å². The molecule has 0 radical (unpaired) electrons. The summed E-state index contributed by atoms with van der Waals surface area (Å²) in [6, 6.07) is 18.1. The van der Waals surface area contributed by atoms with Gasteiger partial charge in [-0.3, -0.25) is 0 Å². The minimum atomic E-state index is 0.340. The Bertz CT molecular complexity index is 488. The van der Waals surface area contributed by atoms with Gasteiger partial charge in [-0.15, -0.1) is 0 Å². The van der Waals surface area contributed by atoms with E-state index in [2.05, 4.69) is 18.7 Å². The predicted molar refractivity (Wildman–Crippen MR) is 72.4 cm³/mol. The fourth-order valence-corrected chi connectivity index (χ4v) is 1.59. The van der Waals surface area contributed by atoms with Crippen LogP contribution in [0.15, 0.2) is 66.2 Å². The number of benzene rings is 2. The van der Waals surface area contributed by atoms with Crippen molar-refractivity contribution in [3.63, 3.8) is 0 Å². The molecule has 0 amide bonds. The van der Waals surface area contributed by atoms with E-state index in [0.717, 1.165) is 5.75 Å². The maximum absolute atomic E-state index is 5.64. The molecule has 0 aliphatic rings. The van der Waals surface area contributed by atoms with Gasteiger partial charge in [0.25, 0.3) is 0 Å². The van der Waals surface area contributed by atoms with Crippen LogP contribution in [0.2, 0.25) is 0 Å². The summed E-state index contributed by atoms with van der Waals surface area (Å²) in [5.41, 5.74) is 2.36. The number of hydrogen-bond donors (Lipinski definition) is 0. The third-order valence-corrected chi connectivity index (χ3v) is 2.47. The van der Waals surface area contributed by atoms with E-state index in [9.17, 15) is 0 Å². The smallest absolute Gasteiger partial charge is 0.123 e. The van der Waals surface area contributed by atoms with Crippen LogP contribution in [0, 0.1) is 0 Å². The van der Waals surface area contributed by atoms with Gasteiger partial charge < -0.3 is 4.74 Å². The Morgan fingerprint density at radius 1 is 0.941 bits per heavy atom. The van der Waals surface area contributed by atoms with Crippen molar-refractivity contribution in [3.8, 4) is 16.9 Å². The summed E-state index contributed by atoms with van der Waals surface area (Å²) < 4.78 is 5.43. The van der Waals surface area contributed by atoms with Gasteiger partial charge in [-0.2, -0.15) is 0 Å². The van der Waals surface area contributed by atoms with Gasteiger partial charge in [0, 0.05) is 5.03 Å². The quantitative estimate of drug-likeness (QED) is 0.770. The Morgan fingerprint density at radius 2 is 1.53 bits per heavy atom. The van der Waals surface area contributed by atoms with Gasteiger partial charge in [0.05, 0.1) is 0 Å². The molecular weight excluding hydrogens is 232 g/mol. The van der Waals surface area contributed by atoms with Crippen LogP contribution in [0.25, 0.3) is 11.1 Å². The Hall–Kier alpha value is -1.73. The topological polar surface area (TPSA) is 9.23 Å². The largest absolute Gasteiger partial charge is 0.488 e. The Balaban J connectivity index is 2.11. The summed E-state index contributed by atoms with van der Waals surface area (Å²) in [5, 5.41) is 0.497.